The number of ether oxygens (including phenoxy) is 3. The van der Waals surface area contributed by atoms with Gasteiger partial charge in [0.05, 0.1) is 19.3 Å². The lowest BCUT2D eigenvalue weighted by molar-refractivity contribution is -0.149. The maximum absolute atomic E-state index is 14.2. The van der Waals surface area contributed by atoms with Crippen LogP contribution in [-0.4, -0.2) is 43.8 Å². The van der Waals surface area contributed by atoms with E-state index in [1.807, 2.05) is 32.0 Å². The summed E-state index contributed by atoms with van der Waals surface area (Å²) in [4.78, 5) is 39.6. The Labute approximate surface area is 252 Å². The number of benzene rings is 2. The summed E-state index contributed by atoms with van der Waals surface area (Å²) >= 11 is 0. The van der Waals surface area contributed by atoms with Crippen LogP contribution < -0.4 is 9.47 Å². The molecule has 2 aromatic rings. The van der Waals surface area contributed by atoms with Gasteiger partial charge in [-0.1, -0.05) is 51.1 Å². The Morgan fingerprint density at radius 3 is 2.02 bits per heavy atom. The Kier molecular flexibility index (Phi) is 11.5. The van der Waals surface area contributed by atoms with Gasteiger partial charge in [-0.2, -0.15) is 0 Å². The fourth-order valence-electron chi connectivity index (χ4n) is 6.46. The Hall–Kier alpha value is -2.99. The average Bonchev–Trinajstić information content (AvgIpc) is 2.90. The van der Waals surface area contributed by atoms with Crippen molar-refractivity contribution in [3.8, 4) is 11.5 Å². The van der Waals surface area contributed by atoms with Crippen molar-refractivity contribution >= 4 is 17.3 Å². The molecule has 1 fully saturated rings. The highest BCUT2D eigenvalue weighted by Gasteiger charge is 2.50. The summed E-state index contributed by atoms with van der Waals surface area (Å²) in [6.45, 7) is 14.3. The van der Waals surface area contributed by atoms with Crippen LogP contribution in [0.4, 0.5) is 0 Å². The Morgan fingerprint density at radius 2 is 1.55 bits per heavy atom. The number of methoxy groups -OCH3 is 1. The van der Waals surface area contributed by atoms with E-state index in [0.717, 1.165) is 18.4 Å². The van der Waals surface area contributed by atoms with Crippen molar-refractivity contribution in [1.29, 1.82) is 0 Å². The molecule has 230 valence electrons. The molecule has 2 atom stereocenters. The van der Waals surface area contributed by atoms with Gasteiger partial charge in [-0.15, -0.1) is 0 Å². The van der Waals surface area contributed by atoms with Crippen LogP contribution in [0.25, 0.3) is 0 Å². The molecule has 0 amide bonds. The molecule has 42 heavy (non-hydrogen) atoms. The van der Waals surface area contributed by atoms with Crippen molar-refractivity contribution in [1.82, 2.24) is 0 Å². The normalized spacial score (nSPS) is 19.9. The van der Waals surface area contributed by atoms with E-state index in [4.69, 9.17) is 14.2 Å². The molecule has 1 unspecified atom stereocenters. The van der Waals surface area contributed by atoms with Crippen LogP contribution in [0, 0.1) is 16.7 Å². The average molecular weight is 579 g/mol. The molecule has 0 N–H and O–H groups in total. The first-order chi connectivity index (χ1) is 19.9. The summed E-state index contributed by atoms with van der Waals surface area (Å²) in [7, 11) is 1.66. The topological polar surface area (TPSA) is 78.9 Å². The molecular weight excluding hydrogens is 528 g/mol. The molecule has 2 aromatic carbocycles. The zero-order valence-electron chi connectivity index (χ0n) is 26.9. The minimum atomic E-state index is -0.652. The van der Waals surface area contributed by atoms with Gasteiger partial charge in [-0.3, -0.25) is 14.4 Å². The number of Topliss-reactive ketones (excluding diaryl/α,β-unsaturated/α-hetero) is 3. The summed E-state index contributed by atoms with van der Waals surface area (Å²) in [6, 6.07) is 14.2. The second kappa shape index (κ2) is 14.5. The van der Waals surface area contributed by atoms with E-state index in [2.05, 4.69) is 45.0 Å². The van der Waals surface area contributed by atoms with Gasteiger partial charge < -0.3 is 14.2 Å². The van der Waals surface area contributed by atoms with E-state index < -0.39 is 5.41 Å². The smallest absolute Gasteiger partial charge is 0.167 e. The van der Waals surface area contributed by atoms with Gasteiger partial charge in [0.2, 0.25) is 0 Å². The van der Waals surface area contributed by atoms with Crippen molar-refractivity contribution in [3.63, 3.8) is 0 Å². The van der Waals surface area contributed by atoms with E-state index in [1.165, 1.54) is 12.5 Å². The number of rotatable bonds is 17. The fraction of sp³-hybridized carbons (Fsp3) is 0.583. The monoisotopic (exact) mass is 578 g/mol. The van der Waals surface area contributed by atoms with Crippen LogP contribution in [0.3, 0.4) is 0 Å². The Bertz CT molecular complexity index is 1200. The summed E-state index contributed by atoms with van der Waals surface area (Å²) in [5.74, 6) is 0.512. The second-order valence-electron chi connectivity index (χ2n) is 12.8. The maximum Gasteiger partial charge on any atom is 0.167 e. The zero-order chi connectivity index (χ0) is 31.1. The second-order valence-corrected chi connectivity index (χ2v) is 12.8. The maximum atomic E-state index is 14.2. The molecule has 0 aliphatic heterocycles. The molecule has 3 rings (SSSR count). The zero-order valence-corrected chi connectivity index (χ0v) is 26.9. The number of ketones is 3. The Morgan fingerprint density at radius 1 is 0.976 bits per heavy atom. The van der Waals surface area contributed by atoms with E-state index in [0.29, 0.717) is 49.5 Å². The molecule has 0 saturated heterocycles. The SMILES string of the molecule is CCOc1cc([C@@H](C)C(CCC(C)(C)Cc2ccccc2)C(=O)CC2(C(C)=O)CC(OC)C2)cc(OCC)c1C(C)=O. The third-order valence-corrected chi connectivity index (χ3v) is 9.07. The first-order valence-electron chi connectivity index (χ1n) is 15.4. The third kappa shape index (κ3) is 8.09. The molecule has 1 aliphatic rings. The summed E-state index contributed by atoms with van der Waals surface area (Å²) in [5, 5.41) is 0. The number of hydrogen-bond donors (Lipinski definition) is 0. The Balaban J connectivity index is 1.97. The fourth-order valence-corrected chi connectivity index (χ4v) is 6.46. The van der Waals surface area contributed by atoms with Crippen LogP contribution in [0.2, 0.25) is 0 Å². The van der Waals surface area contributed by atoms with Gasteiger partial charge in [0, 0.05) is 24.9 Å². The predicted molar refractivity (Wildman–Crippen MR) is 167 cm³/mol. The first-order valence-corrected chi connectivity index (χ1v) is 15.4. The van der Waals surface area contributed by atoms with Gasteiger partial charge >= 0.3 is 0 Å². The van der Waals surface area contributed by atoms with E-state index in [1.54, 1.807) is 14.0 Å². The van der Waals surface area contributed by atoms with Crippen molar-refractivity contribution in [2.45, 2.75) is 99.0 Å². The lowest BCUT2D eigenvalue weighted by atomic mass is 9.60. The van der Waals surface area contributed by atoms with Gasteiger partial charge in [0.25, 0.3) is 0 Å². The molecule has 6 nitrogen and oxygen atoms in total. The van der Waals surface area contributed by atoms with Crippen LogP contribution in [0.5, 0.6) is 11.5 Å². The molecule has 0 aromatic heterocycles. The third-order valence-electron chi connectivity index (χ3n) is 9.07. The van der Waals surface area contributed by atoms with Crippen molar-refractivity contribution in [3.05, 3.63) is 59.2 Å². The van der Waals surface area contributed by atoms with Gasteiger partial charge in [0.15, 0.2) is 5.78 Å². The quantitative estimate of drug-likeness (QED) is 0.178. The lowest BCUT2D eigenvalue weighted by Crippen LogP contribution is -2.49. The van der Waals surface area contributed by atoms with Crippen molar-refractivity contribution < 1.29 is 28.6 Å². The van der Waals surface area contributed by atoms with Crippen LogP contribution in [-0.2, 0) is 20.7 Å². The number of carbonyl (C=O) groups excluding carboxylic acids is 3. The molecule has 0 heterocycles. The minimum absolute atomic E-state index is 0.0176. The van der Waals surface area contributed by atoms with Crippen LogP contribution in [0.15, 0.2) is 42.5 Å². The number of carbonyl (C=O) groups is 3. The summed E-state index contributed by atoms with van der Waals surface area (Å²) in [5.41, 5.74) is 1.92. The van der Waals surface area contributed by atoms with Gasteiger partial charge in [-0.05, 0) is 94.4 Å². The molecule has 6 heteroatoms. The molecule has 1 aliphatic carbocycles. The standard InChI is InChI=1S/C36H50O6/c1-9-41-32-18-28(19-33(42-10-2)34(32)25(4)37)24(3)30(16-17-35(6,7)20-27-14-12-11-13-15-27)31(39)23-36(26(5)38)21-29(22-36)40-8/h11-15,18-19,24,29-30H,9-10,16-17,20-23H2,1-8H3/t24-,29?,30?,36?/m1/s1. The molecule has 0 spiro atoms. The largest absolute Gasteiger partial charge is 0.493 e. The van der Waals surface area contributed by atoms with Crippen molar-refractivity contribution in [2.75, 3.05) is 20.3 Å². The highest BCUT2D eigenvalue weighted by Crippen LogP contribution is 2.48. The van der Waals surface area contributed by atoms with Crippen molar-refractivity contribution in [2.24, 2.45) is 16.7 Å². The van der Waals surface area contributed by atoms with Crippen LogP contribution >= 0.6 is 0 Å². The minimum Gasteiger partial charge on any atom is -0.493 e. The molecular formula is C36H50O6. The highest BCUT2D eigenvalue weighted by molar-refractivity contribution is 6.00. The van der Waals surface area contributed by atoms with E-state index in [9.17, 15) is 14.4 Å². The first kappa shape index (κ1) is 33.5. The van der Waals surface area contributed by atoms with Gasteiger partial charge in [-0.25, -0.2) is 0 Å². The predicted octanol–water partition coefficient (Wildman–Crippen LogP) is 7.80. The summed E-state index contributed by atoms with van der Waals surface area (Å²) in [6.07, 6.45) is 3.85. The van der Waals surface area contributed by atoms with Gasteiger partial charge in [0.1, 0.15) is 28.6 Å². The highest BCUT2D eigenvalue weighted by atomic mass is 16.5. The number of hydrogen-bond acceptors (Lipinski definition) is 6. The molecule has 0 bridgehead atoms. The molecule has 0 radical (unpaired) electrons. The van der Waals surface area contributed by atoms with E-state index >= 15 is 0 Å². The molecule has 1 saturated carbocycles. The summed E-state index contributed by atoms with van der Waals surface area (Å²) < 4.78 is 17.3. The van der Waals surface area contributed by atoms with E-state index in [-0.39, 0.29) is 47.1 Å². The van der Waals surface area contributed by atoms with Crippen LogP contribution in [0.1, 0.15) is 108 Å². The lowest BCUT2D eigenvalue weighted by Gasteiger charge is -2.45.